The average Bonchev–Trinajstić information content (AvgIpc) is 3.41. The number of fused-ring (bicyclic) bond motifs is 1. The van der Waals surface area contributed by atoms with Crippen LogP contribution >= 0.6 is 11.8 Å². The van der Waals surface area contributed by atoms with Crippen molar-refractivity contribution < 1.29 is 19.4 Å². The molecular formula is C30H24N2O4S. The number of anilines is 1. The summed E-state index contributed by atoms with van der Waals surface area (Å²) in [6.45, 7) is 0. The Kier molecular flexibility index (Phi) is 6.16. The number of aromatic hydroxyl groups is 1. The van der Waals surface area contributed by atoms with Crippen molar-refractivity contribution in [1.29, 1.82) is 0 Å². The van der Waals surface area contributed by atoms with Gasteiger partial charge in [-0.05, 0) is 70.8 Å². The predicted molar refractivity (Wildman–Crippen MR) is 145 cm³/mol. The highest BCUT2D eigenvalue weighted by molar-refractivity contribution is 8.00. The smallest absolute Gasteiger partial charge is 0.243 e. The van der Waals surface area contributed by atoms with E-state index in [0.717, 1.165) is 38.9 Å². The monoisotopic (exact) mass is 508 g/mol. The molecule has 1 amide bonds. The molecule has 5 aromatic rings. The SMILES string of the molecule is O=C1[C@H](SCC(O)c2ccc3occc3c2)[C@@H](c2ccc(O)cc2)N1c1ccc(-c2cccnc2)cc1. The predicted octanol–water partition coefficient (Wildman–Crippen LogP) is 6.12. The van der Waals surface area contributed by atoms with Gasteiger partial charge in [-0.1, -0.05) is 36.4 Å². The molecule has 3 heterocycles. The lowest BCUT2D eigenvalue weighted by atomic mass is 9.92. The van der Waals surface area contributed by atoms with Crippen molar-refractivity contribution in [3.8, 4) is 16.9 Å². The zero-order valence-corrected chi connectivity index (χ0v) is 20.6. The highest BCUT2D eigenvalue weighted by Crippen LogP contribution is 2.46. The molecule has 0 saturated carbocycles. The number of aromatic nitrogens is 1. The standard InChI is InChI=1S/C30H24N2O4S/c33-25-10-5-20(6-11-25)28-29(37-18-26(34)21-7-12-27-22(16-21)13-15-36-27)30(35)32(28)24-8-3-19(4-9-24)23-2-1-14-31-17-23/h1-17,26,28-29,33-34H,18H2/t26?,28-,29-/m1/s1. The molecule has 1 unspecified atom stereocenters. The molecule has 2 aromatic heterocycles. The number of β-lactam (4-membered cyclic amide) rings is 1. The van der Waals surface area contributed by atoms with E-state index in [1.54, 1.807) is 29.5 Å². The number of pyridine rings is 1. The van der Waals surface area contributed by atoms with Gasteiger partial charge < -0.3 is 19.5 Å². The third-order valence-corrected chi connectivity index (χ3v) is 8.04. The minimum Gasteiger partial charge on any atom is -0.508 e. The summed E-state index contributed by atoms with van der Waals surface area (Å²) in [5.74, 6) is 0.549. The molecule has 1 aliphatic rings. The van der Waals surface area contributed by atoms with E-state index in [0.29, 0.717) is 5.75 Å². The summed E-state index contributed by atoms with van der Waals surface area (Å²) < 4.78 is 5.39. The van der Waals surface area contributed by atoms with Gasteiger partial charge in [-0.15, -0.1) is 11.8 Å². The Morgan fingerprint density at radius 3 is 2.54 bits per heavy atom. The molecule has 3 aromatic carbocycles. The normalized spacial score (nSPS) is 18.1. The van der Waals surface area contributed by atoms with Crippen LogP contribution in [0.15, 0.2) is 108 Å². The minimum absolute atomic E-state index is 0.00492. The fourth-order valence-electron chi connectivity index (χ4n) is 4.74. The number of phenols is 1. The van der Waals surface area contributed by atoms with Crippen molar-refractivity contribution in [2.45, 2.75) is 17.4 Å². The summed E-state index contributed by atoms with van der Waals surface area (Å²) in [6, 6.07) is 26.0. The molecule has 1 saturated heterocycles. The zero-order valence-electron chi connectivity index (χ0n) is 19.8. The first-order valence-electron chi connectivity index (χ1n) is 12.0. The molecule has 37 heavy (non-hydrogen) atoms. The molecule has 7 heteroatoms. The van der Waals surface area contributed by atoms with E-state index >= 15 is 0 Å². The summed E-state index contributed by atoms with van der Waals surface area (Å²) in [6.07, 6.45) is 4.46. The molecule has 0 bridgehead atoms. The fourth-order valence-corrected chi connectivity index (χ4v) is 6.04. The van der Waals surface area contributed by atoms with E-state index in [1.165, 1.54) is 11.8 Å². The fraction of sp³-hybridized carbons (Fsp3) is 0.133. The topological polar surface area (TPSA) is 86.8 Å². The van der Waals surface area contributed by atoms with E-state index in [9.17, 15) is 15.0 Å². The van der Waals surface area contributed by atoms with Gasteiger partial charge in [0.05, 0.1) is 18.4 Å². The number of amides is 1. The van der Waals surface area contributed by atoms with E-state index in [4.69, 9.17) is 4.42 Å². The van der Waals surface area contributed by atoms with Crippen molar-refractivity contribution >= 4 is 34.3 Å². The van der Waals surface area contributed by atoms with Crippen LogP contribution in [-0.4, -0.2) is 32.1 Å². The third kappa shape index (κ3) is 4.48. The van der Waals surface area contributed by atoms with Gasteiger partial charge in [0.25, 0.3) is 0 Å². The van der Waals surface area contributed by atoms with Gasteiger partial charge in [0.1, 0.15) is 16.6 Å². The van der Waals surface area contributed by atoms with E-state index in [1.807, 2.05) is 79.0 Å². The molecule has 3 atom stereocenters. The molecular weight excluding hydrogens is 484 g/mol. The number of thioether (sulfide) groups is 1. The maximum Gasteiger partial charge on any atom is 0.243 e. The maximum absolute atomic E-state index is 13.4. The number of benzene rings is 3. The minimum atomic E-state index is -0.717. The zero-order chi connectivity index (χ0) is 25.4. The number of aliphatic hydroxyl groups excluding tert-OH is 1. The highest BCUT2D eigenvalue weighted by atomic mass is 32.2. The Hall–Kier alpha value is -4.07. The van der Waals surface area contributed by atoms with Gasteiger partial charge in [-0.2, -0.15) is 0 Å². The van der Waals surface area contributed by atoms with Crippen molar-refractivity contribution in [2.75, 3.05) is 10.7 Å². The van der Waals surface area contributed by atoms with Crippen LogP contribution in [-0.2, 0) is 4.79 Å². The Morgan fingerprint density at radius 2 is 1.78 bits per heavy atom. The van der Waals surface area contributed by atoms with Crippen LogP contribution in [0.4, 0.5) is 5.69 Å². The second-order valence-corrected chi connectivity index (χ2v) is 10.2. The van der Waals surface area contributed by atoms with Crippen LogP contribution in [0.25, 0.3) is 22.1 Å². The Bertz CT molecular complexity index is 1530. The summed E-state index contributed by atoms with van der Waals surface area (Å²) in [5, 5.41) is 21.3. The molecule has 184 valence electrons. The molecule has 0 spiro atoms. The quantitative estimate of drug-likeness (QED) is 0.258. The van der Waals surface area contributed by atoms with Crippen LogP contribution in [0.1, 0.15) is 23.3 Å². The maximum atomic E-state index is 13.4. The number of hydrogen-bond donors (Lipinski definition) is 2. The Balaban J connectivity index is 1.23. The van der Waals surface area contributed by atoms with Gasteiger partial charge in [0, 0.05) is 29.2 Å². The third-order valence-electron chi connectivity index (χ3n) is 6.72. The number of hydrogen-bond acceptors (Lipinski definition) is 6. The van der Waals surface area contributed by atoms with Gasteiger partial charge in [0.15, 0.2) is 0 Å². The largest absolute Gasteiger partial charge is 0.508 e. The number of carbonyl (C=O) groups is 1. The van der Waals surface area contributed by atoms with Gasteiger partial charge in [-0.3, -0.25) is 9.78 Å². The number of phenolic OH excluding ortho intramolecular Hbond substituents is 1. The highest BCUT2D eigenvalue weighted by Gasteiger charge is 2.49. The lowest BCUT2D eigenvalue weighted by Gasteiger charge is -2.47. The number of furan rings is 1. The molecule has 1 fully saturated rings. The average molecular weight is 509 g/mol. The van der Waals surface area contributed by atoms with Crippen LogP contribution < -0.4 is 4.90 Å². The lowest BCUT2D eigenvalue weighted by Crippen LogP contribution is -2.57. The van der Waals surface area contributed by atoms with Crippen molar-refractivity contribution in [2.24, 2.45) is 0 Å². The first-order valence-corrected chi connectivity index (χ1v) is 13.0. The Morgan fingerprint density at radius 1 is 0.973 bits per heavy atom. The molecule has 1 aliphatic heterocycles. The summed E-state index contributed by atoms with van der Waals surface area (Å²) in [5.41, 5.74) is 5.33. The molecule has 6 nitrogen and oxygen atoms in total. The van der Waals surface area contributed by atoms with Crippen molar-refractivity contribution in [3.05, 3.63) is 115 Å². The van der Waals surface area contributed by atoms with Crippen LogP contribution in [0.2, 0.25) is 0 Å². The van der Waals surface area contributed by atoms with Crippen molar-refractivity contribution in [1.82, 2.24) is 4.98 Å². The van der Waals surface area contributed by atoms with Gasteiger partial charge >= 0.3 is 0 Å². The lowest BCUT2D eigenvalue weighted by molar-refractivity contribution is -0.123. The molecule has 0 radical (unpaired) electrons. The van der Waals surface area contributed by atoms with Gasteiger partial charge in [-0.25, -0.2) is 0 Å². The second kappa shape index (κ2) is 9.76. The number of rotatable bonds is 7. The van der Waals surface area contributed by atoms with Crippen LogP contribution in [0.5, 0.6) is 5.75 Å². The number of carbonyl (C=O) groups excluding carboxylic acids is 1. The molecule has 6 rings (SSSR count). The van der Waals surface area contributed by atoms with E-state index in [-0.39, 0.29) is 22.9 Å². The second-order valence-electron chi connectivity index (χ2n) is 9.02. The first kappa shape index (κ1) is 23.3. The molecule has 2 N–H and O–H groups in total. The molecule has 0 aliphatic carbocycles. The number of nitrogens with zero attached hydrogens (tertiary/aromatic N) is 2. The Labute approximate surface area is 218 Å². The summed E-state index contributed by atoms with van der Waals surface area (Å²) in [4.78, 5) is 19.4. The van der Waals surface area contributed by atoms with E-state index in [2.05, 4.69) is 4.98 Å². The van der Waals surface area contributed by atoms with Gasteiger partial charge in [0.2, 0.25) is 5.91 Å². The first-order chi connectivity index (χ1) is 18.1. The van der Waals surface area contributed by atoms with E-state index < -0.39 is 6.10 Å². The number of aliphatic hydroxyl groups is 1. The summed E-state index contributed by atoms with van der Waals surface area (Å²) >= 11 is 1.45. The van der Waals surface area contributed by atoms with Crippen LogP contribution in [0.3, 0.4) is 0 Å². The van der Waals surface area contributed by atoms with Crippen LogP contribution in [0, 0.1) is 0 Å². The summed E-state index contributed by atoms with van der Waals surface area (Å²) in [7, 11) is 0. The van der Waals surface area contributed by atoms with Crippen molar-refractivity contribution in [3.63, 3.8) is 0 Å².